The van der Waals surface area contributed by atoms with Crippen molar-refractivity contribution >= 4 is 17.7 Å². The molecular formula is C17H25N5O3S. The lowest BCUT2D eigenvalue weighted by Gasteiger charge is -2.13. The lowest BCUT2D eigenvalue weighted by Crippen LogP contribution is -2.33. The van der Waals surface area contributed by atoms with Crippen LogP contribution in [0.4, 0.5) is 0 Å². The lowest BCUT2D eigenvalue weighted by molar-refractivity contribution is -0.120. The first-order chi connectivity index (χ1) is 12.4. The highest BCUT2D eigenvalue weighted by Crippen LogP contribution is 2.33. The minimum Gasteiger partial charge on any atom is -0.497 e. The molecule has 0 unspecified atom stereocenters. The number of hydrogen-bond acceptors (Lipinski definition) is 7. The van der Waals surface area contributed by atoms with E-state index < -0.39 is 0 Å². The molecule has 0 radical (unpaired) electrons. The van der Waals surface area contributed by atoms with Gasteiger partial charge in [-0.05, 0) is 25.0 Å². The number of nitrogen functional groups attached to an aromatic ring is 1. The van der Waals surface area contributed by atoms with Crippen LogP contribution in [-0.2, 0) is 4.79 Å². The van der Waals surface area contributed by atoms with Crippen molar-refractivity contribution in [3.8, 4) is 22.9 Å². The molecule has 0 fully saturated rings. The number of hydrogen-bond donors (Lipinski definition) is 2. The summed E-state index contributed by atoms with van der Waals surface area (Å²) >= 11 is 1.25. The second-order valence-corrected chi connectivity index (χ2v) is 7.45. The number of nitrogens with one attached hydrogen (secondary N) is 1. The van der Waals surface area contributed by atoms with Crippen molar-refractivity contribution < 1.29 is 14.3 Å². The van der Waals surface area contributed by atoms with Crippen LogP contribution in [0.3, 0.4) is 0 Å². The number of amides is 1. The summed E-state index contributed by atoms with van der Waals surface area (Å²) in [6, 6.07) is 5.35. The Kier molecular flexibility index (Phi) is 6.73. The van der Waals surface area contributed by atoms with Gasteiger partial charge in [0, 0.05) is 12.6 Å². The second-order valence-electron chi connectivity index (χ2n) is 6.14. The van der Waals surface area contributed by atoms with Crippen molar-refractivity contribution in [1.82, 2.24) is 20.2 Å². The average molecular weight is 379 g/mol. The molecule has 1 amide bonds. The first kappa shape index (κ1) is 19.9. The zero-order valence-corrected chi connectivity index (χ0v) is 16.5. The predicted octanol–water partition coefficient (Wildman–Crippen LogP) is 1.93. The first-order valence-electron chi connectivity index (χ1n) is 8.24. The molecule has 8 nitrogen and oxygen atoms in total. The number of methoxy groups -OCH3 is 2. The van der Waals surface area contributed by atoms with Crippen LogP contribution in [0.2, 0.25) is 0 Å². The maximum absolute atomic E-state index is 12.1. The molecule has 0 bridgehead atoms. The van der Waals surface area contributed by atoms with Crippen molar-refractivity contribution in [1.29, 1.82) is 0 Å². The molecule has 2 aromatic rings. The molecule has 0 saturated heterocycles. The Hall–Kier alpha value is -2.42. The van der Waals surface area contributed by atoms with E-state index >= 15 is 0 Å². The molecule has 1 aromatic heterocycles. The molecule has 1 atom stereocenters. The maximum Gasteiger partial charge on any atom is 0.233 e. The number of nitrogens with zero attached hydrogens (tertiary/aromatic N) is 3. The number of nitrogens with two attached hydrogens (primary N) is 1. The van der Waals surface area contributed by atoms with Crippen molar-refractivity contribution in [2.75, 3.05) is 26.6 Å². The van der Waals surface area contributed by atoms with E-state index in [-0.39, 0.29) is 11.2 Å². The summed E-state index contributed by atoms with van der Waals surface area (Å²) in [5, 5.41) is 11.3. The van der Waals surface area contributed by atoms with Gasteiger partial charge < -0.3 is 20.6 Å². The predicted molar refractivity (Wildman–Crippen MR) is 102 cm³/mol. The zero-order chi connectivity index (χ0) is 19.3. The van der Waals surface area contributed by atoms with Gasteiger partial charge in [-0.3, -0.25) is 4.79 Å². The number of ether oxygens (including phenoxy) is 2. The van der Waals surface area contributed by atoms with Gasteiger partial charge in [-0.15, -0.1) is 10.2 Å². The molecular weight excluding hydrogens is 354 g/mol. The van der Waals surface area contributed by atoms with Crippen molar-refractivity contribution in [2.45, 2.75) is 31.2 Å². The van der Waals surface area contributed by atoms with Crippen LogP contribution in [-0.4, -0.2) is 46.8 Å². The minimum absolute atomic E-state index is 0.0599. The molecule has 9 heteroatoms. The Morgan fingerprint density at radius 3 is 2.62 bits per heavy atom. The van der Waals surface area contributed by atoms with Gasteiger partial charge in [0.1, 0.15) is 11.5 Å². The standard InChI is InChI=1S/C17H25N5O3S/c1-10(2)9-19-16(23)11(3)26-17-21-20-15(22(17)18)13-7-6-12(24-4)8-14(13)25-5/h6-8,10-11H,9,18H2,1-5H3,(H,19,23)/t11-/m1/s1. The van der Waals surface area contributed by atoms with E-state index in [1.807, 2.05) is 20.8 Å². The SMILES string of the molecule is COc1ccc(-c2nnc(S[C@H](C)C(=O)NCC(C)C)n2N)c(OC)c1. The number of benzene rings is 1. The van der Waals surface area contributed by atoms with Crippen LogP contribution in [0.1, 0.15) is 20.8 Å². The highest BCUT2D eigenvalue weighted by molar-refractivity contribution is 8.00. The molecule has 26 heavy (non-hydrogen) atoms. The molecule has 0 saturated carbocycles. The lowest BCUT2D eigenvalue weighted by atomic mass is 10.2. The van der Waals surface area contributed by atoms with Crippen LogP contribution >= 0.6 is 11.8 Å². The molecule has 142 valence electrons. The first-order valence-corrected chi connectivity index (χ1v) is 9.12. The van der Waals surface area contributed by atoms with Crippen molar-refractivity contribution in [2.24, 2.45) is 5.92 Å². The Balaban J connectivity index is 2.19. The van der Waals surface area contributed by atoms with Gasteiger partial charge >= 0.3 is 0 Å². The fraction of sp³-hybridized carbons (Fsp3) is 0.471. The van der Waals surface area contributed by atoms with E-state index in [1.165, 1.54) is 16.4 Å². The molecule has 0 spiro atoms. The number of aromatic nitrogens is 3. The summed E-state index contributed by atoms with van der Waals surface area (Å²) in [4.78, 5) is 12.1. The van der Waals surface area contributed by atoms with Crippen LogP contribution in [0, 0.1) is 5.92 Å². The quantitative estimate of drug-likeness (QED) is 0.533. The van der Waals surface area contributed by atoms with Gasteiger partial charge in [0.05, 0.1) is 25.0 Å². The molecule has 0 aliphatic carbocycles. The van der Waals surface area contributed by atoms with E-state index in [4.69, 9.17) is 15.3 Å². The summed E-state index contributed by atoms with van der Waals surface area (Å²) in [5.41, 5.74) is 0.687. The second kappa shape index (κ2) is 8.79. The third-order valence-electron chi connectivity index (χ3n) is 3.65. The van der Waals surface area contributed by atoms with E-state index in [1.54, 1.807) is 32.4 Å². The van der Waals surface area contributed by atoms with E-state index in [0.717, 1.165) is 0 Å². The van der Waals surface area contributed by atoms with E-state index in [0.29, 0.717) is 40.5 Å². The largest absolute Gasteiger partial charge is 0.497 e. The fourth-order valence-corrected chi connectivity index (χ4v) is 2.98. The van der Waals surface area contributed by atoms with Gasteiger partial charge in [-0.25, -0.2) is 4.68 Å². The molecule has 1 aromatic carbocycles. The number of thioether (sulfide) groups is 1. The topological polar surface area (TPSA) is 104 Å². The molecule has 3 N–H and O–H groups in total. The zero-order valence-electron chi connectivity index (χ0n) is 15.6. The molecule has 1 heterocycles. The third-order valence-corrected chi connectivity index (χ3v) is 4.71. The van der Waals surface area contributed by atoms with Gasteiger partial charge in [-0.2, -0.15) is 0 Å². The summed E-state index contributed by atoms with van der Waals surface area (Å²) < 4.78 is 12.0. The van der Waals surface area contributed by atoms with Gasteiger partial charge in [0.25, 0.3) is 0 Å². The van der Waals surface area contributed by atoms with Crippen molar-refractivity contribution in [3.05, 3.63) is 18.2 Å². The summed E-state index contributed by atoms with van der Waals surface area (Å²) in [5.74, 6) is 8.17. The number of carbonyl (C=O) groups is 1. The highest BCUT2D eigenvalue weighted by Gasteiger charge is 2.21. The number of rotatable bonds is 8. The third kappa shape index (κ3) is 4.60. The minimum atomic E-state index is -0.342. The Morgan fingerprint density at radius 1 is 1.27 bits per heavy atom. The van der Waals surface area contributed by atoms with Gasteiger partial charge in [-0.1, -0.05) is 25.6 Å². The number of carbonyl (C=O) groups excluding carboxylic acids is 1. The van der Waals surface area contributed by atoms with Gasteiger partial charge in [0.2, 0.25) is 11.1 Å². The molecule has 0 aliphatic heterocycles. The monoisotopic (exact) mass is 379 g/mol. The summed E-state index contributed by atoms with van der Waals surface area (Å²) in [7, 11) is 3.15. The molecule has 0 aliphatic rings. The Labute approximate surface area is 157 Å². The average Bonchev–Trinajstić information content (AvgIpc) is 2.99. The molecule has 2 rings (SSSR count). The van der Waals surface area contributed by atoms with E-state index in [2.05, 4.69) is 15.5 Å². The van der Waals surface area contributed by atoms with Crippen LogP contribution in [0.25, 0.3) is 11.4 Å². The van der Waals surface area contributed by atoms with Gasteiger partial charge in [0.15, 0.2) is 5.82 Å². The normalized spacial score (nSPS) is 12.1. The maximum atomic E-state index is 12.1. The fourth-order valence-electron chi connectivity index (χ4n) is 2.18. The van der Waals surface area contributed by atoms with Crippen molar-refractivity contribution in [3.63, 3.8) is 0 Å². The highest BCUT2D eigenvalue weighted by atomic mass is 32.2. The smallest absolute Gasteiger partial charge is 0.233 e. The van der Waals surface area contributed by atoms with Crippen LogP contribution < -0.4 is 20.6 Å². The summed E-state index contributed by atoms with van der Waals surface area (Å²) in [6.07, 6.45) is 0. The van der Waals surface area contributed by atoms with E-state index in [9.17, 15) is 4.79 Å². The van der Waals surface area contributed by atoms with Crippen LogP contribution in [0.15, 0.2) is 23.4 Å². The summed E-state index contributed by atoms with van der Waals surface area (Å²) in [6.45, 7) is 6.53. The Bertz CT molecular complexity index is 763. The van der Waals surface area contributed by atoms with Crippen LogP contribution in [0.5, 0.6) is 11.5 Å². The Morgan fingerprint density at radius 2 is 2.00 bits per heavy atom.